The van der Waals surface area contributed by atoms with Crippen LogP contribution in [0.1, 0.15) is 82.1 Å². The van der Waals surface area contributed by atoms with Crippen LogP contribution in [0.25, 0.3) is 11.1 Å². The number of hydrogen-bond acceptors (Lipinski definition) is 12. The second-order valence-corrected chi connectivity index (χ2v) is 18.8. The Balaban J connectivity index is 1.32. The van der Waals surface area contributed by atoms with E-state index in [4.69, 9.17) is 9.57 Å². The Morgan fingerprint density at radius 3 is 2.43 bits per heavy atom. The van der Waals surface area contributed by atoms with Crippen LogP contribution in [0.15, 0.2) is 36.4 Å². The van der Waals surface area contributed by atoms with Gasteiger partial charge in [0.15, 0.2) is 0 Å². The summed E-state index contributed by atoms with van der Waals surface area (Å²) >= 11 is 0. The maximum absolute atomic E-state index is 14.4. The highest BCUT2D eigenvalue weighted by atomic mass is 16.7. The third-order valence-electron chi connectivity index (χ3n) is 14.2. The van der Waals surface area contributed by atoms with Crippen molar-refractivity contribution < 1.29 is 39.6 Å². The second kappa shape index (κ2) is 20.2. The van der Waals surface area contributed by atoms with Crippen LogP contribution in [0.5, 0.6) is 5.75 Å². The molecular weight excluding hydrogens is 765 g/mol. The lowest BCUT2D eigenvalue weighted by Gasteiger charge is -2.62. The molecule has 2 heterocycles. The molecule has 2 aliphatic heterocycles. The fraction of sp³-hybridized carbons (Fsp3) is 0.696. The third-order valence-corrected chi connectivity index (χ3v) is 14.2. The molecule has 7 N–H and O–H groups in total. The van der Waals surface area contributed by atoms with E-state index in [2.05, 4.69) is 41.6 Å². The van der Waals surface area contributed by atoms with Gasteiger partial charge in [-0.05, 0) is 107 Å². The largest absolute Gasteiger partial charge is 0.496 e. The zero-order chi connectivity index (χ0) is 43.3. The zero-order valence-corrected chi connectivity index (χ0v) is 36.9. The van der Waals surface area contributed by atoms with Gasteiger partial charge in [0.2, 0.25) is 5.91 Å². The van der Waals surface area contributed by atoms with Crippen LogP contribution in [0.3, 0.4) is 0 Å². The van der Waals surface area contributed by atoms with E-state index in [1.807, 2.05) is 49.3 Å². The number of nitrogens with one attached hydrogen (secondary N) is 3. The molecule has 7 rings (SSSR count). The number of piperidine rings is 1. The predicted octanol–water partition coefficient (Wildman–Crippen LogP) is 3.01. The first-order chi connectivity index (χ1) is 28.7. The Morgan fingerprint density at radius 2 is 1.83 bits per heavy atom. The fourth-order valence-corrected chi connectivity index (χ4v) is 10.9. The molecule has 2 aromatic carbocycles. The summed E-state index contributed by atoms with van der Waals surface area (Å²) in [5.41, 5.74) is 3.44. The number of likely N-dealkylation sites (N-methyl/N-ethyl adjacent to an activating group) is 1. The highest BCUT2D eigenvalue weighted by Gasteiger charge is 2.57. The molecule has 14 heteroatoms. The maximum atomic E-state index is 14.4. The summed E-state index contributed by atoms with van der Waals surface area (Å²) in [6.45, 7) is 10.1. The number of aliphatic hydroxyl groups excluding tert-OH is 4. The van der Waals surface area contributed by atoms with Crippen molar-refractivity contribution in [1.82, 2.24) is 25.9 Å². The lowest BCUT2D eigenvalue weighted by atomic mass is 9.45. The van der Waals surface area contributed by atoms with Gasteiger partial charge in [0.25, 0.3) is 5.91 Å². The first kappa shape index (κ1) is 46.2. The Kier molecular flexibility index (Phi) is 15.6. The van der Waals surface area contributed by atoms with Crippen molar-refractivity contribution >= 4 is 17.5 Å². The number of carbonyl (C=O) groups is 2. The fourth-order valence-electron chi connectivity index (χ4n) is 10.9. The van der Waals surface area contributed by atoms with Crippen LogP contribution in [0.2, 0.25) is 0 Å². The van der Waals surface area contributed by atoms with Crippen molar-refractivity contribution in [2.75, 3.05) is 72.1 Å². The van der Waals surface area contributed by atoms with Crippen molar-refractivity contribution in [3.8, 4) is 16.9 Å². The predicted molar refractivity (Wildman–Crippen MR) is 232 cm³/mol. The summed E-state index contributed by atoms with van der Waals surface area (Å²) in [4.78, 5) is 38.9. The van der Waals surface area contributed by atoms with Gasteiger partial charge in [-0.3, -0.25) is 14.4 Å². The number of hydroxylamine groups is 2. The van der Waals surface area contributed by atoms with Gasteiger partial charge in [-0.2, -0.15) is 5.06 Å². The van der Waals surface area contributed by atoms with E-state index in [1.54, 1.807) is 25.2 Å². The van der Waals surface area contributed by atoms with Crippen LogP contribution in [-0.4, -0.2) is 146 Å². The van der Waals surface area contributed by atoms with Gasteiger partial charge in [0, 0.05) is 66.1 Å². The quantitative estimate of drug-likeness (QED) is 0.110. The van der Waals surface area contributed by atoms with Crippen molar-refractivity contribution in [2.45, 2.75) is 109 Å². The standard InChI is InChI=1S/C46H72N6O8/c1-28-38-22-33(46(38,3)4)23-39(28)49-45(58)42-41(29(2)56)40(27-55)60-52(42)25-30-11-10-13-37(43(30)59-7)31-19-32(21-36(20-31)51(15-17-53)16-18-54)44(57)48-35(26-50(5)6)24-34-12-8-9-14-47-34/h10-11,13,19-21,28-29,33-35,38-42,47,53-56H,8-9,12,14-18,22-27H2,1-7H3,(H,48,57)(H,49,58)/t28-,29-,33+,34?,35-,38-,39-,40-,41-,42-/m0/s1. The average molecular weight is 837 g/mol. The minimum atomic E-state index is -0.934. The van der Waals surface area contributed by atoms with Gasteiger partial charge in [-0.25, -0.2) is 0 Å². The first-order valence-corrected chi connectivity index (χ1v) is 22.2. The number of hydrogen-bond donors (Lipinski definition) is 7. The van der Waals surface area contributed by atoms with Crippen molar-refractivity contribution in [1.29, 1.82) is 0 Å². The summed E-state index contributed by atoms with van der Waals surface area (Å²) in [7, 11) is 5.59. The van der Waals surface area contributed by atoms with E-state index in [-0.39, 0.29) is 68.8 Å². The molecule has 0 radical (unpaired) electrons. The summed E-state index contributed by atoms with van der Waals surface area (Å²) < 4.78 is 6.14. The molecular formula is C46H72N6O8. The Labute approximate surface area is 356 Å². The van der Waals surface area contributed by atoms with Crippen molar-refractivity contribution in [3.05, 3.63) is 47.5 Å². The van der Waals surface area contributed by atoms with E-state index in [0.717, 1.165) is 38.6 Å². The van der Waals surface area contributed by atoms with E-state index in [0.29, 0.717) is 64.0 Å². The van der Waals surface area contributed by atoms with Crippen molar-refractivity contribution in [2.24, 2.45) is 29.1 Å². The van der Waals surface area contributed by atoms with Crippen LogP contribution in [-0.2, 0) is 16.2 Å². The molecule has 60 heavy (non-hydrogen) atoms. The maximum Gasteiger partial charge on any atom is 0.251 e. The van der Waals surface area contributed by atoms with Crippen LogP contribution >= 0.6 is 0 Å². The average Bonchev–Trinajstić information content (AvgIpc) is 3.59. The zero-order valence-electron chi connectivity index (χ0n) is 36.9. The number of nitrogens with zero attached hydrogens (tertiary/aromatic N) is 3. The highest BCUT2D eigenvalue weighted by molar-refractivity contribution is 5.97. The Morgan fingerprint density at radius 1 is 1.08 bits per heavy atom. The SMILES string of the molecule is COc1c(CN2O[C@@H](CO)[C@H]([C@H](C)O)[C@H]2C(=O)N[C@H]2C[C@H]3C[C@@H]([C@@H]2C)C3(C)C)cccc1-c1cc(C(=O)N[C@@H](CC2CCCCN2)CN(C)C)cc(N(CCO)CCO)c1. The number of ether oxygens (including phenoxy) is 1. The lowest BCUT2D eigenvalue weighted by Crippen LogP contribution is -2.62. The number of rotatable bonds is 19. The normalized spacial score (nSPS) is 28.5. The molecule has 5 aliphatic rings. The minimum absolute atomic E-state index is 0.00815. The summed E-state index contributed by atoms with van der Waals surface area (Å²) in [6, 6.07) is 10.6. The number of para-hydroxylation sites is 1. The van der Waals surface area contributed by atoms with E-state index in [1.165, 1.54) is 6.42 Å². The summed E-state index contributed by atoms with van der Waals surface area (Å²) in [6.07, 6.45) is 4.56. The summed E-state index contributed by atoms with van der Waals surface area (Å²) in [5.74, 6) is 0.763. The molecule has 334 valence electrons. The smallest absolute Gasteiger partial charge is 0.251 e. The molecule has 1 unspecified atom stereocenters. The molecule has 2 amide bonds. The monoisotopic (exact) mass is 837 g/mol. The second-order valence-electron chi connectivity index (χ2n) is 18.8. The first-order valence-electron chi connectivity index (χ1n) is 22.2. The van der Waals surface area contributed by atoms with Gasteiger partial charge in [0.05, 0.1) is 39.6 Å². The molecule has 2 bridgehead atoms. The van der Waals surface area contributed by atoms with Crippen LogP contribution in [0.4, 0.5) is 5.69 Å². The number of fused-ring (bicyclic) bond motifs is 2. The molecule has 2 saturated heterocycles. The number of carbonyl (C=O) groups excluding carboxylic acids is 2. The van der Waals surface area contributed by atoms with Gasteiger partial charge < -0.3 is 50.9 Å². The lowest BCUT2D eigenvalue weighted by molar-refractivity contribution is -0.183. The van der Waals surface area contributed by atoms with E-state index in [9.17, 15) is 30.0 Å². The molecule has 2 aromatic rings. The number of amides is 2. The number of aliphatic hydroxyl groups is 4. The molecule has 3 aliphatic carbocycles. The molecule has 0 spiro atoms. The topological polar surface area (TPSA) is 179 Å². The van der Waals surface area contributed by atoms with E-state index >= 15 is 0 Å². The van der Waals surface area contributed by atoms with Gasteiger partial charge in [-0.15, -0.1) is 0 Å². The Hall–Kier alpha value is -3.34. The van der Waals surface area contributed by atoms with E-state index < -0.39 is 24.2 Å². The molecule has 5 fully saturated rings. The number of benzene rings is 2. The van der Waals surface area contributed by atoms with Crippen molar-refractivity contribution in [3.63, 3.8) is 0 Å². The van der Waals surface area contributed by atoms with Gasteiger partial charge in [0.1, 0.15) is 17.9 Å². The molecule has 3 saturated carbocycles. The molecule has 10 atom stereocenters. The third kappa shape index (κ3) is 10.1. The Bertz CT molecular complexity index is 1750. The highest BCUT2D eigenvalue weighted by Crippen LogP contribution is 2.61. The number of anilines is 1. The number of methoxy groups -OCH3 is 1. The summed E-state index contributed by atoms with van der Waals surface area (Å²) in [5, 5.41) is 53.3. The minimum Gasteiger partial charge on any atom is -0.496 e. The van der Waals surface area contributed by atoms with Crippen LogP contribution < -0.4 is 25.6 Å². The van der Waals surface area contributed by atoms with Crippen LogP contribution in [0, 0.1) is 29.1 Å². The van der Waals surface area contributed by atoms with Gasteiger partial charge >= 0.3 is 0 Å². The van der Waals surface area contributed by atoms with Gasteiger partial charge in [-0.1, -0.05) is 45.4 Å². The molecule has 14 nitrogen and oxygen atoms in total. The molecule has 0 aromatic heterocycles.